The first kappa shape index (κ1) is 25.4. The third-order valence-electron chi connectivity index (χ3n) is 6.09. The van der Waals surface area contributed by atoms with Gasteiger partial charge in [0.15, 0.2) is 0 Å². The van der Waals surface area contributed by atoms with E-state index in [1.165, 1.54) is 23.3 Å². The molecule has 1 saturated heterocycles. The molecular weight excluding hydrogens is 404 g/mol. The van der Waals surface area contributed by atoms with Gasteiger partial charge >= 0.3 is 0 Å². The fourth-order valence-electron chi connectivity index (χ4n) is 4.10. The molecule has 0 saturated carbocycles. The Morgan fingerprint density at radius 2 is 1.90 bits per heavy atom. The number of thiophene rings is 1. The normalized spacial score (nSPS) is 15.0. The van der Waals surface area contributed by atoms with Gasteiger partial charge in [-0.3, -0.25) is 9.69 Å². The van der Waals surface area contributed by atoms with E-state index in [9.17, 15) is 4.79 Å². The van der Waals surface area contributed by atoms with Crippen LogP contribution in [0.1, 0.15) is 59.5 Å². The van der Waals surface area contributed by atoms with E-state index < -0.39 is 0 Å². The van der Waals surface area contributed by atoms with E-state index in [2.05, 4.69) is 53.1 Å². The lowest BCUT2D eigenvalue weighted by molar-refractivity contribution is 0.140. The lowest BCUT2D eigenvalue weighted by atomic mass is 10.0. The number of piperidine rings is 1. The van der Waals surface area contributed by atoms with Crippen LogP contribution >= 0.6 is 11.3 Å². The molecule has 1 fully saturated rings. The van der Waals surface area contributed by atoms with Gasteiger partial charge in [0.25, 0.3) is 5.56 Å². The van der Waals surface area contributed by atoms with Crippen LogP contribution in [0.4, 0.5) is 0 Å². The topological polar surface area (TPSA) is 51.4 Å². The van der Waals surface area contributed by atoms with Crippen LogP contribution in [0.5, 0.6) is 0 Å². The lowest BCUT2D eigenvalue weighted by Crippen LogP contribution is -2.41. The molecule has 3 rings (SSSR count). The Morgan fingerprint density at radius 1 is 1.26 bits per heavy atom. The Kier molecular flexibility index (Phi) is 9.54. The maximum atomic E-state index is 12.2. The molecule has 0 aromatic carbocycles. The van der Waals surface area contributed by atoms with Crippen molar-refractivity contribution in [1.29, 1.82) is 0 Å². The zero-order chi connectivity index (χ0) is 23.1. The summed E-state index contributed by atoms with van der Waals surface area (Å²) < 4.78 is 0. The molecule has 172 valence electrons. The van der Waals surface area contributed by atoms with Gasteiger partial charge in [-0.05, 0) is 64.9 Å². The van der Waals surface area contributed by atoms with Crippen LogP contribution in [0, 0.1) is 20.8 Å². The van der Waals surface area contributed by atoms with Gasteiger partial charge in [0.2, 0.25) is 0 Å². The zero-order valence-corrected chi connectivity index (χ0v) is 21.2. The first-order valence-corrected chi connectivity index (χ1v) is 12.2. The minimum Gasteiger partial charge on any atom is -0.381 e. The van der Waals surface area contributed by atoms with Crippen LogP contribution < -0.4 is 10.9 Å². The van der Waals surface area contributed by atoms with Gasteiger partial charge < -0.3 is 15.2 Å². The highest BCUT2D eigenvalue weighted by Crippen LogP contribution is 2.28. The highest BCUT2D eigenvalue weighted by Gasteiger charge is 2.22. The van der Waals surface area contributed by atoms with Crippen molar-refractivity contribution in [3.05, 3.63) is 61.2 Å². The predicted octanol–water partition coefficient (Wildman–Crippen LogP) is 4.67. The maximum Gasteiger partial charge on any atom is 0.253 e. The number of pyridine rings is 1. The summed E-state index contributed by atoms with van der Waals surface area (Å²) in [4.78, 5) is 21.4. The summed E-state index contributed by atoms with van der Waals surface area (Å²) in [7, 11) is 4.36. The Balaban J connectivity index is 0.00000166. The molecular formula is C25H40N4OS. The van der Waals surface area contributed by atoms with Gasteiger partial charge in [-0.2, -0.15) is 0 Å². The largest absolute Gasteiger partial charge is 0.381 e. The smallest absolute Gasteiger partial charge is 0.253 e. The van der Waals surface area contributed by atoms with Gasteiger partial charge in [-0.15, -0.1) is 11.3 Å². The Bertz CT molecular complexity index is 920. The van der Waals surface area contributed by atoms with E-state index in [1.807, 2.05) is 45.1 Å². The van der Waals surface area contributed by atoms with Gasteiger partial charge in [0.05, 0.1) is 0 Å². The number of hydrogen-bond donors (Lipinski definition) is 2. The second-order valence-corrected chi connectivity index (χ2v) is 9.41. The summed E-state index contributed by atoms with van der Waals surface area (Å²) in [6.07, 6.45) is 2.48. The van der Waals surface area contributed by atoms with Gasteiger partial charge in [0, 0.05) is 65.0 Å². The molecule has 2 aromatic heterocycles. The van der Waals surface area contributed by atoms with Crippen molar-refractivity contribution in [3.63, 3.8) is 0 Å². The fraction of sp³-hybridized carbons (Fsp3) is 0.560. The molecule has 0 amide bonds. The third-order valence-corrected chi connectivity index (χ3v) is 7.17. The standard InChI is InChI=1S/C23H34N4OS.C2H6/c1-15-11-16(2)25-23(28)20(15)12-24-18(4)21-14-29-22(17(21)3)13-27-9-7-19(8-10-27)26(5)6;1-2/h11,14,19,24H,4,7-10,12-13H2,1-3,5-6H3,(H,25,28);1-2H3. The highest BCUT2D eigenvalue weighted by molar-refractivity contribution is 7.10. The summed E-state index contributed by atoms with van der Waals surface area (Å²) in [5, 5.41) is 5.56. The first-order chi connectivity index (χ1) is 14.8. The number of hydrogen-bond acceptors (Lipinski definition) is 5. The van der Waals surface area contributed by atoms with Gasteiger partial charge in [-0.1, -0.05) is 20.4 Å². The zero-order valence-electron chi connectivity index (χ0n) is 20.4. The molecule has 0 radical (unpaired) electrons. The van der Waals surface area contributed by atoms with Crippen LogP contribution in [0.15, 0.2) is 22.8 Å². The lowest BCUT2D eigenvalue weighted by Gasteiger charge is -2.35. The quantitative estimate of drug-likeness (QED) is 0.651. The average molecular weight is 445 g/mol. The average Bonchev–Trinajstić information content (AvgIpc) is 3.09. The van der Waals surface area contributed by atoms with Crippen molar-refractivity contribution < 1.29 is 0 Å². The molecule has 0 unspecified atom stereocenters. The maximum absolute atomic E-state index is 12.2. The van der Waals surface area contributed by atoms with E-state index in [0.29, 0.717) is 12.6 Å². The molecule has 0 bridgehead atoms. The molecule has 0 atom stereocenters. The number of nitrogens with one attached hydrogen (secondary N) is 2. The Hall–Kier alpha value is -1.89. The SMILES string of the molecule is C=C(NCc1c(C)cc(C)[nH]c1=O)c1csc(CN2CCC(N(C)C)CC2)c1C.CC. The van der Waals surface area contributed by atoms with Crippen LogP contribution in [0.25, 0.3) is 5.70 Å². The minimum atomic E-state index is -0.0216. The predicted molar refractivity (Wildman–Crippen MR) is 135 cm³/mol. The van der Waals surface area contributed by atoms with E-state index in [-0.39, 0.29) is 5.56 Å². The number of likely N-dealkylation sites (tertiary alicyclic amines) is 1. The summed E-state index contributed by atoms with van der Waals surface area (Å²) >= 11 is 1.81. The van der Waals surface area contributed by atoms with Gasteiger partial charge in [-0.25, -0.2) is 0 Å². The third kappa shape index (κ3) is 6.55. The van der Waals surface area contributed by atoms with Crippen molar-refractivity contribution in [1.82, 2.24) is 20.1 Å². The minimum absolute atomic E-state index is 0.0216. The first-order valence-electron chi connectivity index (χ1n) is 11.3. The molecule has 2 N–H and O–H groups in total. The van der Waals surface area contributed by atoms with Gasteiger partial charge in [0.1, 0.15) is 0 Å². The van der Waals surface area contributed by atoms with E-state index >= 15 is 0 Å². The van der Waals surface area contributed by atoms with Crippen molar-refractivity contribution in [3.8, 4) is 0 Å². The summed E-state index contributed by atoms with van der Waals surface area (Å²) in [6.45, 7) is 18.1. The molecule has 3 heterocycles. The molecule has 6 heteroatoms. The molecule has 2 aromatic rings. The Morgan fingerprint density at radius 3 is 2.48 bits per heavy atom. The van der Waals surface area contributed by atoms with Crippen LogP contribution in [-0.4, -0.2) is 48.0 Å². The number of H-pyrrole nitrogens is 1. The molecule has 5 nitrogen and oxygen atoms in total. The van der Waals surface area contributed by atoms with E-state index in [1.54, 1.807) is 0 Å². The van der Waals surface area contributed by atoms with Crippen molar-refractivity contribution in [2.24, 2.45) is 0 Å². The Labute approximate surface area is 192 Å². The highest BCUT2D eigenvalue weighted by atomic mass is 32.1. The summed E-state index contributed by atoms with van der Waals surface area (Å²) in [5.74, 6) is 0. The van der Waals surface area contributed by atoms with E-state index in [0.717, 1.165) is 47.7 Å². The van der Waals surface area contributed by atoms with Crippen LogP contribution in [0.3, 0.4) is 0 Å². The molecule has 31 heavy (non-hydrogen) atoms. The number of aromatic amines is 1. The van der Waals surface area contributed by atoms with Crippen LogP contribution in [-0.2, 0) is 13.1 Å². The second-order valence-electron chi connectivity index (χ2n) is 8.44. The summed E-state index contributed by atoms with van der Waals surface area (Å²) in [6, 6.07) is 2.72. The molecule has 0 spiro atoms. The fourth-order valence-corrected chi connectivity index (χ4v) is 5.22. The van der Waals surface area contributed by atoms with Crippen molar-refractivity contribution in [2.75, 3.05) is 27.2 Å². The molecule has 0 aliphatic carbocycles. The number of aromatic nitrogens is 1. The monoisotopic (exact) mass is 444 g/mol. The van der Waals surface area contributed by atoms with Crippen molar-refractivity contribution in [2.45, 2.75) is 66.6 Å². The van der Waals surface area contributed by atoms with Crippen LogP contribution in [0.2, 0.25) is 0 Å². The second kappa shape index (κ2) is 11.7. The number of rotatable bonds is 7. The number of aryl methyl sites for hydroxylation is 2. The molecule has 1 aliphatic heterocycles. The van der Waals surface area contributed by atoms with Crippen molar-refractivity contribution >= 4 is 17.0 Å². The molecule has 1 aliphatic rings. The summed E-state index contributed by atoms with van der Waals surface area (Å²) in [5.41, 5.74) is 6.00. The number of nitrogens with zero attached hydrogens (tertiary/aromatic N) is 2. The van der Waals surface area contributed by atoms with E-state index in [4.69, 9.17) is 0 Å².